The minimum Gasteiger partial charge on any atom is -0.376 e. The lowest BCUT2D eigenvalue weighted by atomic mass is 9.73. The normalized spacial score (nSPS) is 28.8. The summed E-state index contributed by atoms with van der Waals surface area (Å²) in [5, 5.41) is 5.93. The van der Waals surface area contributed by atoms with E-state index in [0.29, 0.717) is 31.7 Å². The van der Waals surface area contributed by atoms with Crippen LogP contribution in [0.5, 0.6) is 0 Å². The Hall–Kier alpha value is -2.23. The van der Waals surface area contributed by atoms with Crippen LogP contribution in [0, 0.1) is 11.7 Å². The molecule has 2 N–H and O–H groups in total. The smallest absolute Gasteiger partial charge is 0.325 e. The Kier molecular flexibility index (Phi) is 7.45. The molecule has 1 spiro atoms. The third kappa shape index (κ3) is 4.78. The van der Waals surface area contributed by atoms with Gasteiger partial charge in [-0.15, -0.1) is 0 Å². The maximum atomic E-state index is 14.8. The highest BCUT2D eigenvalue weighted by molar-refractivity contribution is 6.31. The van der Waals surface area contributed by atoms with E-state index in [9.17, 15) is 18.8 Å². The first-order valence-electron chi connectivity index (χ1n) is 11.9. The molecule has 1 aliphatic carbocycles. The van der Waals surface area contributed by atoms with Crippen LogP contribution in [0.2, 0.25) is 5.02 Å². The van der Waals surface area contributed by atoms with E-state index < -0.39 is 29.3 Å². The molecule has 1 aromatic carbocycles. The van der Waals surface area contributed by atoms with Crippen LogP contribution in [0.3, 0.4) is 0 Å². The van der Waals surface area contributed by atoms with Gasteiger partial charge in [-0.1, -0.05) is 37.4 Å². The lowest BCUT2D eigenvalue weighted by molar-refractivity contribution is -0.137. The Labute approximate surface area is 204 Å². The second-order valence-electron chi connectivity index (χ2n) is 9.57. The number of hydrogen-bond acceptors (Lipinski definition) is 5. The number of benzene rings is 1. The molecular formula is C24H32ClFN4O4. The highest BCUT2D eigenvalue weighted by Crippen LogP contribution is 2.38. The van der Waals surface area contributed by atoms with Crippen molar-refractivity contribution < 1.29 is 23.5 Å². The zero-order chi connectivity index (χ0) is 24.5. The standard InChI is InChI=1S/C24H32ClFN4O4/c1-15-6-3-4-9-24(15)22(32)30(23(33)28-24)14-20(31)27-12-19(29-10-11-34-16(2)13-29)21-17(25)7-5-8-18(21)26/h5,7-8,15-16,19H,3-4,6,9-14H2,1-2H3,(H,27,31)(H,28,33). The number of nitrogens with zero attached hydrogens (tertiary/aromatic N) is 2. The number of nitrogens with one attached hydrogen (secondary N) is 2. The Morgan fingerprint density at radius 2 is 2.15 bits per heavy atom. The number of rotatable bonds is 6. The van der Waals surface area contributed by atoms with E-state index in [1.807, 2.05) is 18.7 Å². The van der Waals surface area contributed by atoms with E-state index in [1.165, 1.54) is 6.07 Å². The van der Waals surface area contributed by atoms with Crippen molar-refractivity contribution in [2.24, 2.45) is 5.92 Å². The minimum atomic E-state index is -0.914. The summed E-state index contributed by atoms with van der Waals surface area (Å²) in [7, 11) is 0. The first-order chi connectivity index (χ1) is 16.2. The molecule has 2 saturated heterocycles. The van der Waals surface area contributed by atoms with Crippen LogP contribution in [-0.2, 0) is 14.3 Å². The zero-order valence-corrected chi connectivity index (χ0v) is 20.4. The molecule has 4 unspecified atom stereocenters. The number of hydrogen-bond donors (Lipinski definition) is 2. The van der Waals surface area contributed by atoms with E-state index in [2.05, 4.69) is 10.6 Å². The molecule has 10 heteroatoms. The van der Waals surface area contributed by atoms with Gasteiger partial charge in [-0.25, -0.2) is 9.18 Å². The minimum absolute atomic E-state index is 0.0154. The molecule has 2 aliphatic heterocycles. The summed E-state index contributed by atoms with van der Waals surface area (Å²) >= 11 is 6.35. The molecule has 4 atom stereocenters. The van der Waals surface area contributed by atoms with Crippen LogP contribution >= 0.6 is 11.6 Å². The van der Waals surface area contributed by atoms with Gasteiger partial charge < -0.3 is 15.4 Å². The summed E-state index contributed by atoms with van der Waals surface area (Å²) in [4.78, 5) is 41.6. The Balaban J connectivity index is 1.46. The number of halogens is 2. The predicted molar refractivity (Wildman–Crippen MR) is 125 cm³/mol. The average molecular weight is 495 g/mol. The fourth-order valence-corrected chi connectivity index (χ4v) is 5.71. The number of urea groups is 1. The Bertz CT molecular complexity index is 943. The Morgan fingerprint density at radius 1 is 1.35 bits per heavy atom. The molecule has 0 radical (unpaired) electrons. The summed E-state index contributed by atoms with van der Waals surface area (Å²) in [6.45, 7) is 5.20. The van der Waals surface area contributed by atoms with Gasteiger partial charge in [-0.3, -0.25) is 19.4 Å². The molecule has 4 rings (SSSR count). The molecule has 8 nitrogen and oxygen atoms in total. The second kappa shape index (κ2) is 10.2. The van der Waals surface area contributed by atoms with Crippen molar-refractivity contribution in [2.75, 3.05) is 32.8 Å². The SMILES string of the molecule is CC1CN(C(CNC(=O)CN2C(=O)NC3(CCCCC3C)C2=O)c2c(F)cccc2Cl)CCO1. The molecule has 1 saturated carbocycles. The summed E-state index contributed by atoms with van der Waals surface area (Å²) in [5.74, 6) is -1.26. The molecule has 3 fully saturated rings. The van der Waals surface area contributed by atoms with Crippen molar-refractivity contribution in [3.05, 3.63) is 34.6 Å². The van der Waals surface area contributed by atoms with Crippen molar-refractivity contribution in [3.8, 4) is 0 Å². The van der Waals surface area contributed by atoms with Crippen LogP contribution in [0.4, 0.5) is 9.18 Å². The van der Waals surface area contributed by atoms with Crippen LogP contribution in [0.1, 0.15) is 51.1 Å². The number of ether oxygens (including phenoxy) is 1. The van der Waals surface area contributed by atoms with Crippen LogP contribution < -0.4 is 10.6 Å². The van der Waals surface area contributed by atoms with Crippen molar-refractivity contribution >= 4 is 29.4 Å². The molecule has 34 heavy (non-hydrogen) atoms. The molecule has 3 aliphatic rings. The summed E-state index contributed by atoms with van der Waals surface area (Å²) in [6, 6.07) is 3.45. The van der Waals surface area contributed by atoms with E-state index in [1.54, 1.807) is 12.1 Å². The van der Waals surface area contributed by atoms with Crippen LogP contribution in [0.25, 0.3) is 0 Å². The number of imide groups is 1. The number of amides is 4. The molecular weight excluding hydrogens is 463 g/mol. The van der Waals surface area contributed by atoms with Gasteiger partial charge in [0.15, 0.2) is 0 Å². The quantitative estimate of drug-likeness (QED) is 0.593. The van der Waals surface area contributed by atoms with Gasteiger partial charge in [0, 0.05) is 30.2 Å². The first-order valence-corrected chi connectivity index (χ1v) is 12.3. The maximum absolute atomic E-state index is 14.8. The fraction of sp³-hybridized carbons (Fsp3) is 0.625. The van der Waals surface area contributed by atoms with E-state index in [-0.39, 0.29) is 36.0 Å². The van der Waals surface area contributed by atoms with Crippen LogP contribution in [0.15, 0.2) is 18.2 Å². The molecule has 4 amide bonds. The molecule has 186 valence electrons. The molecule has 2 heterocycles. The largest absolute Gasteiger partial charge is 0.376 e. The number of carbonyl (C=O) groups excluding carboxylic acids is 3. The fourth-order valence-electron chi connectivity index (χ4n) is 5.42. The topological polar surface area (TPSA) is 91.0 Å². The third-order valence-electron chi connectivity index (χ3n) is 7.34. The van der Waals surface area contributed by atoms with Crippen molar-refractivity contribution in [3.63, 3.8) is 0 Å². The van der Waals surface area contributed by atoms with Gasteiger partial charge in [0.05, 0.1) is 18.8 Å². The van der Waals surface area contributed by atoms with Crippen LogP contribution in [-0.4, -0.2) is 72.1 Å². The third-order valence-corrected chi connectivity index (χ3v) is 7.67. The highest BCUT2D eigenvalue weighted by Gasteiger charge is 2.55. The average Bonchev–Trinajstić information content (AvgIpc) is 3.02. The van der Waals surface area contributed by atoms with Crippen molar-refractivity contribution in [1.29, 1.82) is 0 Å². The van der Waals surface area contributed by atoms with Gasteiger partial charge in [-0.05, 0) is 37.8 Å². The second-order valence-corrected chi connectivity index (χ2v) is 9.98. The van der Waals surface area contributed by atoms with Gasteiger partial charge in [0.2, 0.25) is 5.91 Å². The zero-order valence-electron chi connectivity index (χ0n) is 19.6. The number of morpholine rings is 1. The lowest BCUT2D eigenvalue weighted by Crippen LogP contribution is -2.54. The maximum Gasteiger partial charge on any atom is 0.325 e. The summed E-state index contributed by atoms with van der Waals surface area (Å²) < 4.78 is 20.4. The van der Waals surface area contributed by atoms with E-state index >= 15 is 0 Å². The molecule has 0 aromatic heterocycles. The lowest BCUT2D eigenvalue weighted by Gasteiger charge is -2.38. The van der Waals surface area contributed by atoms with E-state index in [4.69, 9.17) is 16.3 Å². The first kappa shape index (κ1) is 24.9. The monoisotopic (exact) mass is 494 g/mol. The number of carbonyl (C=O) groups is 3. The van der Waals surface area contributed by atoms with E-state index in [0.717, 1.165) is 24.2 Å². The Morgan fingerprint density at radius 3 is 2.85 bits per heavy atom. The van der Waals surface area contributed by atoms with Gasteiger partial charge in [-0.2, -0.15) is 0 Å². The van der Waals surface area contributed by atoms with Gasteiger partial charge in [0.25, 0.3) is 5.91 Å². The summed E-state index contributed by atoms with van der Waals surface area (Å²) in [5.41, 5.74) is -0.605. The highest BCUT2D eigenvalue weighted by atomic mass is 35.5. The van der Waals surface area contributed by atoms with Gasteiger partial charge >= 0.3 is 6.03 Å². The molecule has 1 aromatic rings. The van der Waals surface area contributed by atoms with Crippen molar-refractivity contribution in [2.45, 2.75) is 57.2 Å². The summed E-state index contributed by atoms with van der Waals surface area (Å²) in [6.07, 6.45) is 3.28. The predicted octanol–water partition coefficient (Wildman–Crippen LogP) is 2.86. The molecule has 0 bridgehead atoms. The van der Waals surface area contributed by atoms with Gasteiger partial charge in [0.1, 0.15) is 17.9 Å². The van der Waals surface area contributed by atoms with Crippen molar-refractivity contribution in [1.82, 2.24) is 20.4 Å².